The first kappa shape index (κ1) is 16.0. The van der Waals surface area contributed by atoms with E-state index >= 15 is 0 Å². The van der Waals surface area contributed by atoms with Gasteiger partial charge in [0, 0.05) is 6.04 Å². The first-order chi connectivity index (χ1) is 9.22. The Balaban J connectivity index is 2.54. The Morgan fingerprint density at radius 1 is 1.16 bits per heavy atom. The van der Waals surface area contributed by atoms with Gasteiger partial charge in [-0.15, -0.1) is 0 Å². The SMILES string of the molecule is CCCCCCCC(NC)c1ccc(OC)cc1C. The summed E-state index contributed by atoms with van der Waals surface area (Å²) in [6, 6.07) is 6.84. The topological polar surface area (TPSA) is 21.3 Å². The fourth-order valence-corrected chi connectivity index (χ4v) is 2.57. The Hall–Kier alpha value is -1.02. The summed E-state index contributed by atoms with van der Waals surface area (Å²) in [6.07, 6.45) is 7.92. The number of ether oxygens (including phenoxy) is 1. The van der Waals surface area contributed by atoms with Crippen LogP contribution in [-0.4, -0.2) is 14.2 Å². The first-order valence-corrected chi connectivity index (χ1v) is 7.54. The summed E-state index contributed by atoms with van der Waals surface area (Å²) in [5, 5.41) is 3.45. The van der Waals surface area contributed by atoms with E-state index in [2.05, 4.69) is 44.4 Å². The van der Waals surface area contributed by atoms with Crippen LogP contribution < -0.4 is 10.1 Å². The largest absolute Gasteiger partial charge is 0.497 e. The third-order valence-corrected chi connectivity index (χ3v) is 3.80. The van der Waals surface area contributed by atoms with E-state index in [1.165, 1.54) is 49.7 Å². The van der Waals surface area contributed by atoms with Crippen molar-refractivity contribution in [3.8, 4) is 5.75 Å². The number of hydrogen-bond acceptors (Lipinski definition) is 2. The van der Waals surface area contributed by atoms with E-state index in [0.717, 1.165) is 5.75 Å². The van der Waals surface area contributed by atoms with Gasteiger partial charge in [-0.05, 0) is 43.7 Å². The average molecular weight is 263 g/mol. The van der Waals surface area contributed by atoms with Crippen LogP contribution in [0.5, 0.6) is 5.75 Å². The molecule has 0 aromatic heterocycles. The number of unbranched alkanes of at least 4 members (excludes halogenated alkanes) is 4. The molecule has 0 saturated carbocycles. The summed E-state index contributed by atoms with van der Waals surface area (Å²) >= 11 is 0. The molecule has 1 aromatic rings. The molecule has 0 saturated heterocycles. The van der Waals surface area contributed by atoms with Gasteiger partial charge in [0.2, 0.25) is 0 Å². The zero-order chi connectivity index (χ0) is 14.1. The van der Waals surface area contributed by atoms with E-state index in [9.17, 15) is 0 Å². The standard InChI is InChI=1S/C17H29NO/c1-5-6-7-8-9-10-17(18-3)16-12-11-15(19-4)13-14(16)2/h11-13,17-18H,5-10H2,1-4H3. The number of aryl methyl sites for hydroxylation is 1. The molecule has 0 bridgehead atoms. The molecule has 0 aliphatic rings. The second-order valence-electron chi connectivity index (χ2n) is 5.27. The Kier molecular flexibility index (Phi) is 7.57. The number of methoxy groups -OCH3 is 1. The van der Waals surface area contributed by atoms with Crippen molar-refractivity contribution in [1.82, 2.24) is 5.32 Å². The van der Waals surface area contributed by atoms with Gasteiger partial charge < -0.3 is 10.1 Å². The third kappa shape index (κ3) is 5.23. The predicted octanol–water partition coefficient (Wildman–Crippen LogP) is 4.62. The smallest absolute Gasteiger partial charge is 0.119 e. The molecule has 0 aliphatic heterocycles. The van der Waals surface area contributed by atoms with Crippen LogP contribution in [0.3, 0.4) is 0 Å². The van der Waals surface area contributed by atoms with Crippen molar-refractivity contribution in [1.29, 1.82) is 0 Å². The van der Waals surface area contributed by atoms with E-state index in [1.807, 2.05) is 0 Å². The molecule has 1 rings (SSSR count). The van der Waals surface area contributed by atoms with Gasteiger partial charge in [0.05, 0.1) is 7.11 Å². The minimum Gasteiger partial charge on any atom is -0.497 e. The van der Waals surface area contributed by atoms with E-state index in [-0.39, 0.29) is 0 Å². The highest BCUT2D eigenvalue weighted by Gasteiger charge is 2.11. The molecule has 0 fully saturated rings. The molecule has 0 spiro atoms. The Morgan fingerprint density at radius 2 is 1.89 bits per heavy atom. The molecular weight excluding hydrogens is 234 g/mol. The molecule has 1 N–H and O–H groups in total. The molecule has 1 aromatic carbocycles. The molecule has 2 nitrogen and oxygen atoms in total. The Bertz CT molecular complexity index is 362. The van der Waals surface area contributed by atoms with Crippen LogP contribution in [0, 0.1) is 6.92 Å². The minimum atomic E-state index is 0.465. The lowest BCUT2D eigenvalue weighted by Crippen LogP contribution is -2.17. The van der Waals surface area contributed by atoms with Gasteiger partial charge in [0.15, 0.2) is 0 Å². The number of rotatable bonds is 9. The molecule has 0 amide bonds. The number of nitrogens with one attached hydrogen (secondary N) is 1. The van der Waals surface area contributed by atoms with Crippen LogP contribution in [0.15, 0.2) is 18.2 Å². The summed E-state index contributed by atoms with van der Waals surface area (Å²) < 4.78 is 5.27. The van der Waals surface area contributed by atoms with E-state index in [1.54, 1.807) is 7.11 Å². The number of benzene rings is 1. The summed E-state index contributed by atoms with van der Waals surface area (Å²) in [5.74, 6) is 0.944. The zero-order valence-corrected chi connectivity index (χ0v) is 13.0. The second-order valence-corrected chi connectivity index (χ2v) is 5.27. The maximum atomic E-state index is 5.27. The highest BCUT2D eigenvalue weighted by atomic mass is 16.5. The van der Waals surface area contributed by atoms with Crippen LogP contribution in [-0.2, 0) is 0 Å². The second kappa shape index (κ2) is 8.98. The first-order valence-electron chi connectivity index (χ1n) is 7.54. The fraction of sp³-hybridized carbons (Fsp3) is 0.647. The van der Waals surface area contributed by atoms with Crippen molar-refractivity contribution >= 4 is 0 Å². The zero-order valence-electron chi connectivity index (χ0n) is 13.0. The fourth-order valence-electron chi connectivity index (χ4n) is 2.57. The lowest BCUT2D eigenvalue weighted by molar-refractivity contribution is 0.413. The Morgan fingerprint density at radius 3 is 2.47 bits per heavy atom. The average Bonchev–Trinajstić information content (AvgIpc) is 2.43. The van der Waals surface area contributed by atoms with Crippen LogP contribution in [0.2, 0.25) is 0 Å². The Labute approximate surface area is 118 Å². The van der Waals surface area contributed by atoms with Crippen LogP contribution >= 0.6 is 0 Å². The lowest BCUT2D eigenvalue weighted by atomic mass is 9.96. The molecule has 0 radical (unpaired) electrons. The maximum Gasteiger partial charge on any atom is 0.119 e. The summed E-state index contributed by atoms with van der Waals surface area (Å²) in [5.41, 5.74) is 2.71. The predicted molar refractivity (Wildman–Crippen MR) is 82.9 cm³/mol. The highest BCUT2D eigenvalue weighted by molar-refractivity contribution is 5.36. The van der Waals surface area contributed by atoms with Crippen molar-refractivity contribution in [3.63, 3.8) is 0 Å². The van der Waals surface area contributed by atoms with Crippen molar-refractivity contribution in [2.24, 2.45) is 0 Å². The van der Waals surface area contributed by atoms with Crippen LogP contribution in [0.4, 0.5) is 0 Å². The van der Waals surface area contributed by atoms with Gasteiger partial charge in [-0.3, -0.25) is 0 Å². The van der Waals surface area contributed by atoms with Gasteiger partial charge in [-0.1, -0.05) is 45.1 Å². The summed E-state index contributed by atoms with van der Waals surface area (Å²) in [6.45, 7) is 4.43. The number of hydrogen-bond donors (Lipinski definition) is 1. The quantitative estimate of drug-likeness (QED) is 0.656. The van der Waals surface area contributed by atoms with Gasteiger partial charge >= 0.3 is 0 Å². The van der Waals surface area contributed by atoms with Crippen molar-refractivity contribution in [3.05, 3.63) is 29.3 Å². The van der Waals surface area contributed by atoms with Gasteiger partial charge in [0.1, 0.15) is 5.75 Å². The molecule has 2 heteroatoms. The molecular formula is C17H29NO. The van der Waals surface area contributed by atoms with Crippen LogP contribution in [0.1, 0.15) is 62.6 Å². The van der Waals surface area contributed by atoms with Crippen molar-refractivity contribution in [2.75, 3.05) is 14.2 Å². The molecule has 108 valence electrons. The highest BCUT2D eigenvalue weighted by Crippen LogP contribution is 2.26. The van der Waals surface area contributed by atoms with Gasteiger partial charge in [-0.2, -0.15) is 0 Å². The van der Waals surface area contributed by atoms with Crippen molar-refractivity contribution in [2.45, 2.75) is 58.4 Å². The van der Waals surface area contributed by atoms with Gasteiger partial charge in [0.25, 0.3) is 0 Å². The molecule has 1 atom stereocenters. The minimum absolute atomic E-state index is 0.465. The third-order valence-electron chi connectivity index (χ3n) is 3.80. The lowest BCUT2D eigenvalue weighted by Gasteiger charge is -2.19. The van der Waals surface area contributed by atoms with E-state index in [4.69, 9.17) is 4.74 Å². The van der Waals surface area contributed by atoms with Crippen molar-refractivity contribution < 1.29 is 4.74 Å². The normalized spacial score (nSPS) is 12.4. The monoisotopic (exact) mass is 263 g/mol. The molecule has 0 aliphatic carbocycles. The van der Waals surface area contributed by atoms with E-state index < -0.39 is 0 Å². The summed E-state index contributed by atoms with van der Waals surface area (Å²) in [7, 11) is 3.78. The molecule has 0 heterocycles. The van der Waals surface area contributed by atoms with Gasteiger partial charge in [-0.25, -0.2) is 0 Å². The molecule has 1 unspecified atom stereocenters. The molecule has 19 heavy (non-hydrogen) atoms. The van der Waals surface area contributed by atoms with E-state index in [0.29, 0.717) is 6.04 Å². The maximum absolute atomic E-state index is 5.27. The summed E-state index contributed by atoms with van der Waals surface area (Å²) in [4.78, 5) is 0. The van der Waals surface area contributed by atoms with Crippen LogP contribution in [0.25, 0.3) is 0 Å².